The number of aliphatic hydroxyl groups excluding tert-OH is 1. The number of rotatable bonds is 16. The Morgan fingerprint density at radius 2 is 1.86 bits per heavy atom. The van der Waals surface area contributed by atoms with E-state index in [0.717, 1.165) is 12.8 Å². The Morgan fingerprint density at radius 3 is 2.51 bits per heavy atom. The van der Waals surface area contributed by atoms with E-state index in [1.165, 1.54) is 0 Å². The summed E-state index contributed by atoms with van der Waals surface area (Å²) in [5.41, 5.74) is -0.692. The van der Waals surface area contributed by atoms with Gasteiger partial charge in [-0.1, -0.05) is 46.2 Å². The van der Waals surface area contributed by atoms with Crippen LogP contribution < -0.4 is 20.3 Å². The molecule has 11 heteroatoms. The molecule has 43 heavy (non-hydrogen) atoms. The molecule has 11 nitrogen and oxygen atoms in total. The summed E-state index contributed by atoms with van der Waals surface area (Å²) in [5.74, 6) is -0.140. The van der Waals surface area contributed by atoms with Gasteiger partial charge in [-0.15, -0.1) is 0 Å². The number of ether oxygens (including phenoxy) is 4. The predicted molar refractivity (Wildman–Crippen MR) is 165 cm³/mol. The van der Waals surface area contributed by atoms with Crippen molar-refractivity contribution < 1.29 is 38.4 Å². The Hall–Kier alpha value is -2.89. The van der Waals surface area contributed by atoms with E-state index in [2.05, 4.69) is 10.6 Å². The summed E-state index contributed by atoms with van der Waals surface area (Å²) in [6, 6.07) is 6.61. The number of nitrogens with zero attached hydrogens (tertiary/aromatic N) is 1. The molecule has 0 bridgehead atoms. The topological polar surface area (TPSA) is 136 Å². The van der Waals surface area contributed by atoms with Crippen molar-refractivity contribution in [3.8, 4) is 5.75 Å². The lowest BCUT2D eigenvalue weighted by Crippen LogP contribution is -2.50. The SMILES string of the molecule is CCCCNC(=O)[C@H](C)C[C@H](O)[C@H](CC(C)(C)CC(=O)N1CC(COCOC)Oc2ccccc21)NC(=O)OC(C)(C)C. The van der Waals surface area contributed by atoms with E-state index in [9.17, 15) is 19.5 Å². The number of carbonyl (C=O) groups excluding carboxylic acids is 3. The van der Waals surface area contributed by atoms with Gasteiger partial charge in [0.15, 0.2) is 0 Å². The van der Waals surface area contributed by atoms with Gasteiger partial charge in [-0.2, -0.15) is 0 Å². The van der Waals surface area contributed by atoms with Crippen LogP contribution in [0.3, 0.4) is 0 Å². The van der Waals surface area contributed by atoms with Crippen LogP contribution in [0.2, 0.25) is 0 Å². The number of carbonyl (C=O) groups is 3. The van der Waals surface area contributed by atoms with Gasteiger partial charge in [0.2, 0.25) is 11.8 Å². The monoisotopic (exact) mass is 607 g/mol. The molecule has 3 N–H and O–H groups in total. The number of nitrogens with one attached hydrogen (secondary N) is 2. The predicted octanol–water partition coefficient (Wildman–Crippen LogP) is 4.40. The Morgan fingerprint density at radius 1 is 1.16 bits per heavy atom. The number of alkyl carbamates (subject to hydrolysis) is 1. The van der Waals surface area contributed by atoms with Gasteiger partial charge in [0.25, 0.3) is 0 Å². The first-order valence-corrected chi connectivity index (χ1v) is 15.2. The summed E-state index contributed by atoms with van der Waals surface area (Å²) in [4.78, 5) is 40.9. The number of para-hydroxylation sites is 2. The fraction of sp³-hybridized carbons (Fsp3) is 0.719. The average Bonchev–Trinajstić information content (AvgIpc) is 2.90. The van der Waals surface area contributed by atoms with E-state index in [-0.39, 0.29) is 50.6 Å². The lowest BCUT2D eigenvalue weighted by atomic mass is 9.79. The molecule has 0 saturated carbocycles. The molecule has 1 aliphatic rings. The lowest BCUT2D eigenvalue weighted by molar-refractivity contribution is -0.125. The number of benzene rings is 1. The first-order chi connectivity index (χ1) is 20.2. The first kappa shape index (κ1) is 36.3. The van der Waals surface area contributed by atoms with Crippen molar-refractivity contribution in [3.63, 3.8) is 0 Å². The van der Waals surface area contributed by atoms with Gasteiger partial charge in [0.1, 0.15) is 24.2 Å². The number of hydrogen-bond acceptors (Lipinski definition) is 8. The Bertz CT molecular complexity index is 1040. The molecule has 0 aliphatic carbocycles. The Labute approximate surface area is 257 Å². The maximum atomic E-state index is 13.8. The second-order valence-corrected chi connectivity index (χ2v) is 13.1. The van der Waals surface area contributed by atoms with Crippen molar-refractivity contribution in [1.29, 1.82) is 0 Å². The molecular formula is C32H53N3O8. The van der Waals surface area contributed by atoms with Crippen LogP contribution in [0.4, 0.5) is 10.5 Å². The number of hydrogen-bond donors (Lipinski definition) is 3. The second kappa shape index (κ2) is 16.8. The number of unbranched alkanes of at least 4 members (excludes halogenated alkanes) is 1. The van der Waals surface area contributed by atoms with Gasteiger partial charge in [-0.05, 0) is 57.6 Å². The molecule has 244 valence electrons. The summed E-state index contributed by atoms with van der Waals surface area (Å²) >= 11 is 0. The maximum Gasteiger partial charge on any atom is 0.407 e. The van der Waals surface area contributed by atoms with E-state index in [4.69, 9.17) is 18.9 Å². The molecule has 1 aliphatic heterocycles. The van der Waals surface area contributed by atoms with Crippen LogP contribution >= 0.6 is 0 Å². The molecule has 0 spiro atoms. The molecule has 3 amide bonds. The van der Waals surface area contributed by atoms with Crippen LogP contribution in [-0.2, 0) is 23.8 Å². The minimum Gasteiger partial charge on any atom is -0.484 e. The maximum absolute atomic E-state index is 13.8. The van der Waals surface area contributed by atoms with Crippen molar-refractivity contribution >= 4 is 23.6 Å². The first-order valence-electron chi connectivity index (χ1n) is 15.2. The van der Waals surface area contributed by atoms with Gasteiger partial charge >= 0.3 is 6.09 Å². The summed E-state index contributed by atoms with van der Waals surface area (Å²) in [6.45, 7) is 14.2. The Balaban J connectivity index is 2.18. The number of amides is 3. The van der Waals surface area contributed by atoms with Crippen LogP contribution in [0.1, 0.15) is 80.6 Å². The minimum atomic E-state index is -1.04. The van der Waals surface area contributed by atoms with Crippen LogP contribution in [-0.4, -0.2) is 80.5 Å². The molecule has 2 rings (SSSR count). The summed E-state index contributed by atoms with van der Waals surface area (Å²) < 4.78 is 22.0. The fourth-order valence-electron chi connectivity index (χ4n) is 5.00. The molecule has 1 aromatic carbocycles. The van der Waals surface area contributed by atoms with Crippen molar-refractivity contribution in [2.75, 3.05) is 38.5 Å². The third-order valence-corrected chi connectivity index (χ3v) is 7.08. The lowest BCUT2D eigenvalue weighted by Gasteiger charge is -2.38. The molecule has 0 saturated heterocycles. The van der Waals surface area contributed by atoms with Crippen LogP contribution in [0.5, 0.6) is 5.75 Å². The zero-order valence-corrected chi connectivity index (χ0v) is 27.2. The third-order valence-electron chi connectivity index (χ3n) is 7.08. The van der Waals surface area contributed by atoms with Crippen LogP contribution in [0.15, 0.2) is 24.3 Å². The van der Waals surface area contributed by atoms with Crippen molar-refractivity contribution in [2.45, 2.75) is 104 Å². The van der Waals surface area contributed by atoms with Gasteiger partial charge in [0, 0.05) is 26.0 Å². The van der Waals surface area contributed by atoms with Crippen LogP contribution in [0, 0.1) is 11.3 Å². The highest BCUT2D eigenvalue weighted by atomic mass is 16.7. The number of aliphatic hydroxyl groups is 1. The van der Waals surface area contributed by atoms with Crippen molar-refractivity contribution in [1.82, 2.24) is 10.6 Å². The fourth-order valence-corrected chi connectivity index (χ4v) is 5.00. The summed E-state index contributed by atoms with van der Waals surface area (Å²) in [5, 5.41) is 17.0. The van der Waals surface area contributed by atoms with Crippen molar-refractivity contribution in [2.24, 2.45) is 11.3 Å². The van der Waals surface area contributed by atoms with Gasteiger partial charge < -0.3 is 39.6 Å². The molecule has 0 fully saturated rings. The number of anilines is 1. The van der Waals surface area contributed by atoms with E-state index in [1.807, 2.05) is 45.0 Å². The van der Waals surface area contributed by atoms with Gasteiger partial charge in [0.05, 0.1) is 31.0 Å². The summed E-state index contributed by atoms with van der Waals surface area (Å²) in [7, 11) is 1.54. The highest BCUT2D eigenvalue weighted by Crippen LogP contribution is 2.36. The van der Waals surface area contributed by atoms with Crippen LogP contribution in [0.25, 0.3) is 0 Å². The third kappa shape index (κ3) is 12.7. The molecule has 4 atom stereocenters. The highest BCUT2D eigenvalue weighted by Gasteiger charge is 2.37. The molecule has 0 radical (unpaired) electrons. The molecule has 1 heterocycles. The molecule has 1 aromatic rings. The molecule has 0 aromatic heterocycles. The van der Waals surface area contributed by atoms with Crippen molar-refractivity contribution in [3.05, 3.63) is 24.3 Å². The quantitative estimate of drug-likeness (QED) is 0.186. The van der Waals surface area contributed by atoms with E-state index in [1.54, 1.807) is 39.7 Å². The number of fused-ring (bicyclic) bond motifs is 1. The zero-order valence-electron chi connectivity index (χ0n) is 27.2. The smallest absolute Gasteiger partial charge is 0.407 e. The largest absolute Gasteiger partial charge is 0.484 e. The number of methoxy groups -OCH3 is 1. The Kier molecular flexibility index (Phi) is 14.2. The van der Waals surface area contributed by atoms with E-state index in [0.29, 0.717) is 24.5 Å². The standard InChI is InChI=1S/C32H53N3O8/c1-9-10-15-33-29(38)22(2)16-26(36)24(34-30(39)43-31(3,4)5)17-32(6,7)18-28(37)35-19-23(20-41-21-40-8)42-27-14-12-11-13-25(27)35/h11-14,22-24,26,36H,9-10,15-21H2,1-8H3,(H,33,38)(H,34,39)/t22-,23?,24+,26+/m1/s1. The van der Waals surface area contributed by atoms with E-state index < -0.39 is 35.2 Å². The van der Waals surface area contributed by atoms with Gasteiger partial charge in [-0.25, -0.2) is 4.79 Å². The molecular weight excluding hydrogens is 554 g/mol. The minimum absolute atomic E-state index is 0.119. The summed E-state index contributed by atoms with van der Waals surface area (Å²) in [6.07, 6.45) is 0.314. The normalized spacial score (nSPS) is 17.2. The van der Waals surface area contributed by atoms with Gasteiger partial charge in [-0.3, -0.25) is 9.59 Å². The molecule has 1 unspecified atom stereocenters. The van der Waals surface area contributed by atoms with E-state index >= 15 is 0 Å². The highest BCUT2D eigenvalue weighted by molar-refractivity contribution is 5.95. The zero-order chi connectivity index (χ0) is 32.2. The average molecular weight is 608 g/mol. The second-order valence-electron chi connectivity index (χ2n) is 13.1.